The van der Waals surface area contributed by atoms with Gasteiger partial charge in [0.15, 0.2) is 11.6 Å². The molecule has 1 fully saturated rings. The van der Waals surface area contributed by atoms with Gasteiger partial charge >= 0.3 is 0 Å². The molecule has 1 aliphatic rings. The maximum atomic E-state index is 12.7. The number of carbonyl (C=O) groups excluding carboxylic acids is 1. The van der Waals surface area contributed by atoms with Crippen molar-refractivity contribution in [2.75, 3.05) is 6.61 Å². The molecule has 0 N–H and O–H groups in total. The molecule has 0 bridgehead atoms. The molecule has 1 saturated heterocycles. The molecular formula is C21H26ClNO3. The van der Waals surface area contributed by atoms with Crippen LogP contribution in [0.4, 0.5) is 0 Å². The molecule has 1 aromatic carbocycles. The largest absolute Gasteiger partial charge is 0.348 e. The molecule has 0 saturated carbocycles. The molecule has 140 valence electrons. The summed E-state index contributed by atoms with van der Waals surface area (Å²) in [5.74, 6) is -0.325. The van der Waals surface area contributed by atoms with E-state index in [0.717, 1.165) is 35.5 Å². The maximum Gasteiger partial charge on any atom is 0.164 e. The fourth-order valence-corrected chi connectivity index (χ4v) is 3.69. The Labute approximate surface area is 160 Å². The Balaban J connectivity index is 1.65. The summed E-state index contributed by atoms with van der Waals surface area (Å²) >= 11 is 5.98. The Kier molecular flexibility index (Phi) is 5.56. The number of rotatable bonds is 6. The minimum absolute atomic E-state index is 0.0827. The van der Waals surface area contributed by atoms with E-state index in [0.29, 0.717) is 18.1 Å². The number of carbonyl (C=O) groups is 1. The summed E-state index contributed by atoms with van der Waals surface area (Å²) in [6.07, 6.45) is 2.24. The number of Topliss-reactive ketones (excluding diaryl/α,β-unsaturated/α-hetero) is 1. The fraction of sp³-hybridized carbons (Fsp3) is 0.476. The number of ketones is 1. The van der Waals surface area contributed by atoms with Crippen molar-refractivity contribution in [1.82, 2.24) is 4.57 Å². The molecule has 0 spiro atoms. The van der Waals surface area contributed by atoms with Crippen LogP contribution in [0.2, 0.25) is 5.02 Å². The number of hydrogen-bond acceptors (Lipinski definition) is 3. The van der Waals surface area contributed by atoms with Crippen LogP contribution in [0.5, 0.6) is 0 Å². The van der Waals surface area contributed by atoms with Gasteiger partial charge < -0.3 is 14.0 Å². The van der Waals surface area contributed by atoms with Crippen LogP contribution in [0.15, 0.2) is 30.3 Å². The number of aryl methyl sites for hydroxylation is 1. The zero-order valence-electron chi connectivity index (χ0n) is 15.8. The molecule has 1 atom stereocenters. The average molecular weight is 376 g/mol. The molecule has 2 heterocycles. The molecule has 4 nitrogen and oxygen atoms in total. The van der Waals surface area contributed by atoms with E-state index in [2.05, 4.69) is 4.57 Å². The first-order valence-electron chi connectivity index (χ1n) is 9.07. The van der Waals surface area contributed by atoms with Gasteiger partial charge in [0.05, 0.1) is 12.7 Å². The number of halogens is 1. The highest BCUT2D eigenvalue weighted by Crippen LogP contribution is 2.27. The van der Waals surface area contributed by atoms with E-state index in [-0.39, 0.29) is 11.9 Å². The Bertz CT molecular complexity index is 792. The van der Waals surface area contributed by atoms with Crippen LogP contribution in [0, 0.1) is 13.8 Å². The second kappa shape index (κ2) is 7.55. The summed E-state index contributed by atoms with van der Waals surface area (Å²) in [5.41, 5.74) is 3.82. The van der Waals surface area contributed by atoms with Crippen molar-refractivity contribution in [2.24, 2.45) is 0 Å². The van der Waals surface area contributed by atoms with Gasteiger partial charge in [0.1, 0.15) is 0 Å². The Morgan fingerprint density at radius 3 is 2.58 bits per heavy atom. The molecule has 1 aromatic heterocycles. The van der Waals surface area contributed by atoms with Crippen LogP contribution in [-0.4, -0.2) is 28.8 Å². The van der Waals surface area contributed by atoms with Crippen LogP contribution in [0.1, 0.15) is 54.9 Å². The SMILES string of the molecule is Cc1cc(C(=O)CCCC2COC(C)(C)O2)c(C)n1-c1ccc(Cl)cc1. The first-order valence-corrected chi connectivity index (χ1v) is 9.44. The van der Waals surface area contributed by atoms with E-state index in [1.165, 1.54) is 0 Å². The summed E-state index contributed by atoms with van der Waals surface area (Å²) in [4.78, 5) is 12.7. The van der Waals surface area contributed by atoms with Gasteiger partial charge in [-0.3, -0.25) is 4.79 Å². The predicted octanol–water partition coefficient (Wildman–Crippen LogP) is 5.25. The molecule has 5 heteroatoms. The van der Waals surface area contributed by atoms with Crippen LogP contribution in [-0.2, 0) is 9.47 Å². The Morgan fingerprint density at radius 2 is 1.96 bits per heavy atom. The summed E-state index contributed by atoms with van der Waals surface area (Å²) in [6, 6.07) is 9.64. The van der Waals surface area contributed by atoms with E-state index in [1.807, 2.05) is 58.0 Å². The van der Waals surface area contributed by atoms with Gasteiger partial charge in [0, 0.05) is 34.1 Å². The molecule has 1 aliphatic heterocycles. The lowest BCUT2D eigenvalue weighted by molar-refractivity contribution is -0.139. The van der Waals surface area contributed by atoms with Gasteiger partial charge in [-0.15, -0.1) is 0 Å². The van der Waals surface area contributed by atoms with Crippen molar-refractivity contribution >= 4 is 17.4 Å². The normalized spacial score (nSPS) is 19.0. The van der Waals surface area contributed by atoms with Crippen LogP contribution in [0.3, 0.4) is 0 Å². The highest BCUT2D eigenvalue weighted by molar-refractivity contribution is 6.30. The lowest BCUT2D eigenvalue weighted by atomic mass is 10.0. The van der Waals surface area contributed by atoms with Crippen LogP contribution in [0.25, 0.3) is 5.69 Å². The monoisotopic (exact) mass is 375 g/mol. The van der Waals surface area contributed by atoms with E-state index >= 15 is 0 Å². The molecule has 0 amide bonds. The van der Waals surface area contributed by atoms with Gasteiger partial charge in [-0.1, -0.05) is 11.6 Å². The van der Waals surface area contributed by atoms with Gasteiger partial charge in [-0.25, -0.2) is 0 Å². The number of aromatic nitrogens is 1. The zero-order valence-corrected chi connectivity index (χ0v) is 16.6. The highest BCUT2D eigenvalue weighted by atomic mass is 35.5. The van der Waals surface area contributed by atoms with Crippen molar-refractivity contribution < 1.29 is 14.3 Å². The zero-order chi connectivity index (χ0) is 18.9. The molecule has 2 aromatic rings. The summed E-state index contributed by atoms with van der Waals surface area (Å²) in [7, 11) is 0. The van der Waals surface area contributed by atoms with Crippen LogP contribution < -0.4 is 0 Å². The molecule has 0 aliphatic carbocycles. The van der Waals surface area contributed by atoms with Gasteiger partial charge in [-0.2, -0.15) is 0 Å². The number of ether oxygens (including phenoxy) is 2. The Hall–Kier alpha value is -1.62. The molecule has 1 unspecified atom stereocenters. The van der Waals surface area contributed by atoms with Crippen molar-refractivity contribution in [1.29, 1.82) is 0 Å². The van der Waals surface area contributed by atoms with Crippen molar-refractivity contribution in [3.63, 3.8) is 0 Å². The number of benzene rings is 1. The minimum atomic E-state index is -0.502. The van der Waals surface area contributed by atoms with Gasteiger partial charge in [-0.05, 0) is 70.9 Å². The van der Waals surface area contributed by atoms with Gasteiger partial charge in [0.2, 0.25) is 0 Å². The van der Waals surface area contributed by atoms with E-state index in [4.69, 9.17) is 21.1 Å². The second-order valence-electron chi connectivity index (χ2n) is 7.36. The molecule has 0 radical (unpaired) electrons. The quantitative estimate of drug-likeness (QED) is 0.647. The fourth-order valence-electron chi connectivity index (χ4n) is 3.56. The minimum Gasteiger partial charge on any atom is -0.348 e. The average Bonchev–Trinajstić information content (AvgIpc) is 3.07. The summed E-state index contributed by atoms with van der Waals surface area (Å²) < 4.78 is 13.5. The summed E-state index contributed by atoms with van der Waals surface area (Å²) in [6.45, 7) is 8.45. The molecular weight excluding hydrogens is 350 g/mol. The first kappa shape index (κ1) is 19.2. The van der Waals surface area contributed by atoms with E-state index in [9.17, 15) is 4.79 Å². The van der Waals surface area contributed by atoms with Gasteiger partial charge in [0.25, 0.3) is 0 Å². The lowest BCUT2D eigenvalue weighted by Crippen LogP contribution is -2.21. The van der Waals surface area contributed by atoms with E-state index < -0.39 is 5.79 Å². The lowest BCUT2D eigenvalue weighted by Gasteiger charge is -2.16. The Morgan fingerprint density at radius 1 is 1.27 bits per heavy atom. The van der Waals surface area contributed by atoms with Crippen molar-refractivity contribution in [3.8, 4) is 5.69 Å². The molecule has 26 heavy (non-hydrogen) atoms. The third-order valence-electron chi connectivity index (χ3n) is 4.81. The number of hydrogen-bond donors (Lipinski definition) is 0. The molecule has 3 rings (SSSR count). The first-order chi connectivity index (χ1) is 12.3. The van der Waals surface area contributed by atoms with Crippen molar-refractivity contribution in [2.45, 2.75) is 58.8 Å². The second-order valence-corrected chi connectivity index (χ2v) is 7.80. The number of nitrogens with zero attached hydrogens (tertiary/aromatic N) is 1. The topological polar surface area (TPSA) is 40.5 Å². The highest BCUT2D eigenvalue weighted by Gasteiger charge is 2.32. The summed E-state index contributed by atoms with van der Waals surface area (Å²) in [5, 5.41) is 0.703. The van der Waals surface area contributed by atoms with E-state index in [1.54, 1.807) is 0 Å². The maximum absolute atomic E-state index is 12.7. The predicted molar refractivity (Wildman–Crippen MR) is 103 cm³/mol. The third-order valence-corrected chi connectivity index (χ3v) is 5.07. The standard InChI is InChI=1S/C21H26ClNO3/c1-14-12-19(15(2)23(14)17-10-8-16(22)9-11-17)20(24)7-5-6-18-13-25-21(3,4)26-18/h8-12,18H,5-7,13H2,1-4H3. The van der Waals surface area contributed by atoms with Crippen LogP contribution >= 0.6 is 11.6 Å². The third kappa shape index (κ3) is 4.20. The smallest absolute Gasteiger partial charge is 0.164 e. The van der Waals surface area contributed by atoms with Crippen molar-refractivity contribution in [3.05, 3.63) is 52.3 Å².